The van der Waals surface area contributed by atoms with E-state index in [0.29, 0.717) is 0 Å². The fourth-order valence-electron chi connectivity index (χ4n) is 0. The average molecular weight is 181 g/mol. The summed E-state index contributed by atoms with van der Waals surface area (Å²) in [6, 6.07) is 0. The van der Waals surface area contributed by atoms with Gasteiger partial charge in [0.1, 0.15) is 0 Å². The molecule has 0 spiro atoms. The molecule has 0 fully saturated rings. The minimum atomic E-state index is 0. The Kier molecular flexibility index (Phi) is 288. The topological polar surface area (TPSA) is 0 Å². The summed E-state index contributed by atoms with van der Waals surface area (Å²) in [5.41, 5.74) is 0. The first-order valence-electron chi connectivity index (χ1n) is 0. The normalized spacial score (nSPS) is 0. The van der Waals surface area contributed by atoms with Gasteiger partial charge >= 0.3 is 37.7 Å². The van der Waals surface area contributed by atoms with E-state index in [-0.39, 0.29) is 86.8 Å². The van der Waals surface area contributed by atoms with Crippen LogP contribution in [0.15, 0.2) is 0 Å². The van der Waals surface area contributed by atoms with Gasteiger partial charge in [-0.2, -0.15) is 9.90 Å². The van der Waals surface area contributed by atoms with Gasteiger partial charge in [-0.3, -0.25) is 0 Å². The largest absolute Gasteiger partial charge is 0 e. The zero-order chi connectivity index (χ0) is 0. The molecule has 0 aromatic rings. The second-order valence-corrected chi connectivity index (χ2v) is 0. The van der Waals surface area contributed by atoms with Gasteiger partial charge in [-0.15, -0.1) is 0 Å². The summed E-state index contributed by atoms with van der Waals surface area (Å²) in [5.74, 6) is 0. The number of hydrogen-bond donors (Lipinski definition) is 0. The summed E-state index contributed by atoms with van der Waals surface area (Å²) in [6.07, 6.45) is 0. The van der Waals surface area contributed by atoms with Crippen LogP contribution < -0.4 is 0 Å². The standard InChI is InChI=1S/Al.Ca.F.Fe.H3P.5H/h;;;;1H3;;;;;. The third-order valence-electron chi connectivity index (χ3n) is 0. The van der Waals surface area contributed by atoms with E-state index in [9.17, 15) is 0 Å². The van der Waals surface area contributed by atoms with Crippen LogP contribution in [-0.4, -0.2) is 55.1 Å². The molecule has 1 atom stereocenters. The quantitative estimate of drug-likeness (QED) is 0.311. The van der Waals surface area contributed by atoms with Gasteiger partial charge < -0.3 is 0 Å². The van der Waals surface area contributed by atoms with E-state index < -0.39 is 0 Å². The van der Waals surface area contributed by atoms with Crippen molar-refractivity contribution in [3.05, 3.63) is 0 Å². The molecule has 0 bridgehead atoms. The fraction of sp³-hybridized carbons (Fsp3) is 0. The first-order valence-corrected chi connectivity index (χ1v) is 0. The molecular weight excluding hydrogens is 173 g/mol. The van der Waals surface area contributed by atoms with Crippen molar-refractivity contribution in [2.75, 3.05) is 0 Å². The van der Waals surface area contributed by atoms with E-state index in [2.05, 4.69) is 0 Å². The zero-order valence-corrected chi connectivity index (χ0v) is 3.96. The van der Waals surface area contributed by atoms with Crippen LogP contribution in [0.5, 0.6) is 0 Å². The Labute approximate surface area is 85.4 Å². The van der Waals surface area contributed by atoms with Gasteiger partial charge in [0.05, 0.1) is 0 Å². The number of halogens is 1. The summed E-state index contributed by atoms with van der Waals surface area (Å²) in [5, 5.41) is 0. The first kappa shape index (κ1) is 47.8. The van der Waals surface area contributed by atoms with Crippen LogP contribution in [0.4, 0.5) is 4.70 Å². The molecule has 0 rings (SSSR count). The molecule has 33 valence electrons. The Morgan fingerprint density at radius 1 is 1.00 bits per heavy atom. The van der Waals surface area contributed by atoms with Crippen molar-refractivity contribution in [3.63, 3.8) is 0 Å². The van der Waals surface area contributed by atoms with Crippen molar-refractivity contribution in [2.24, 2.45) is 0 Å². The maximum atomic E-state index is 0. The minimum absolute atomic E-state index is 0. The molecule has 0 aliphatic heterocycles. The Balaban J connectivity index is 0. The molecule has 0 aliphatic carbocycles. The molecule has 0 saturated carbocycles. The molecule has 5 heavy (non-hydrogen) atoms. The molecule has 0 saturated heterocycles. The second-order valence-electron chi connectivity index (χ2n) is 0. The second kappa shape index (κ2) is 30.1. The molecule has 0 aliphatic rings. The van der Waals surface area contributed by atoms with Crippen LogP contribution in [-0.2, 0) is 17.1 Å². The molecule has 0 N–H and O–H groups in total. The molecule has 5 heteroatoms. The predicted octanol–water partition coefficient (Wildman–Crippen LogP) is -1.62. The average Bonchev–Trinajstić information content (AvgIpc) is 0. The first-order chi connectivity index (χ1) is 0. The van der Waals surface area contributed by atoms with E-state index in [0.717, 1.165) is 0 Å². The van der Waals surface area contributed by atoms with Gasteiger partial charge in [0.15, 0.2) is 17.4 Å². The summed E-state index contributed by atoms with van der Waals surface area (Å²) < 4.78 is 0. The monoisotopic (exact) mass is 181 g/mol. The van der Waals surface area contributed by atoms with Crippen molar-refractivity contribution in [2.45, 2.75) is 0 Å². The Morgan fingerprint density at radius 2 is 1.00 bits per heavy atom. The smallest absolute Gasteiger partial charge is 0 e. The van der Waals surface area contributed by atoms with E-state index in [1.165, 1.54) is 0 Å². The van der Waals surface area contributed by atoms with Crippen molar-refractivity contribution in [1.82, 2.24) is 0 Å². The Bertz CT molecular complexity index is 11.6. The Morgan fingerprint density at radius 3 is 1.00 bits per heavy atom. The number of hydrogen-bond acceptors (Lipinski definition) is 0. The molecule has 1 unspecified atom stereocenters. The van der Waals surface area contributed by atoms with Crippen molar-refractivity contribution in [1.29, 1.82) is 0 Å². The van der Waals surface area contributed by atoms with Gasteiger partial charge in [-0.1, -0.05) is 0 Å². The van der Waals surface area contributed by atoms with Crippen LogP contribution in [0.25, 0.3) is 0 Å². The third kappa shape index (κ3) is 20.4. The molecule has 0 amide bonds. The van der Waals surface area contributed by atoms with Gasteiger partial charge in [0.25, 0.3) is 0 Å². The predicted molar refractivity (Wildman–Crippen MR) is 30.7 cm³/mol. The van der Waals surface area contributed by atoms with Gasteiger partial charge in [-0.25, -0.2) is 0 Å². The molecular formula is H8AlCaFFeP. The van der Waals surface area contributed by atoms with Crippen molar-refractivity contribution in [3.8, 4) is 0 Å². The van der Waals surface area contributed by atoms with E-state index >= 15 is 0 Å². The molecule has 0 aromatic heterocycles. The van der Waals surface area contributed by atoms with Crippen molar-refractivity contribution >= 4 is 65.0 Å². The van der Waals surface area contributed by atoms with Crippen molar-refractivity contribution < 1.29 is 21.8 Å². The van der Waals surface area contributed by atoms with Crippen LogP contribution in [0.1, 0.15) is 0 Å². The molecule has 0 heterocycles. The fourth-order valence-corrected chi connectivity index (χ4v) is 0. The summed E-state index contributed by atoms with van der Waals surface area (Å²) in [4.78, 5) is 0. The van der Waals surface area contributed by atoms with Gasteiger partial charge in [0, 0.05) is 21.8 Å². The van der Waals surface area contributed by atoms with E-state index in [1.54, 1.807) is 0 Å². The maximum Gasteiger partial charge on any atom is 0 e. The van der Waals surface area contributed by atoms with E-state index in [4.69, 9.17) is 0 Å². The van der Waals surface area contributed by atoms with Crippen LogP contribution in [0, 0.1) is 0 Å². The summed E-state index contributed by atoms with van der Waals surface area (Å²) in [7, 11) is 0. The summed E-state index contributed by atoms with van der Waals surface area (Å²) >= 11 is 0. The minimum Gasteiger partial charge on any atom is 0 e. The maximum absolute atomic E-state index is 0. The van der Waals surface area contributed by atoms with Crippen LogP contribution >= 0.6 is 9.90 Å². The SMILES string of the molecule is P.[AlH3].[CaH2].[F].[Fe]. The van der Waals surface area contributed by atoms with Crippen LogP contribution in [0.3, 0.4) is 0 Å². The molecule has 0 nitrogen and oxygen atoms in total. The number of rotatable bonds is 0. The van der Waals surface area contributed by atoms with E-state index in [1.807, 2.05) is 0 Å². The molecule has 0 aromatic carbocycles. The van der Waals surface area contributed by atoms with Gasteiger partial charge in [0.2, 0.25) is 0 Å². The zero-order valence-electron chi connectivity index (χ0n) is 1.44. The Hall–Kier alpha value is 2.67. The summed E-state index contributed by atoms with van der Waals surface area (Å²) in [6.45, 7) is 0. The third-order valence-corrected chi connectivity index (χ3v) is 0. The molecule has 1 radical (unpaired) electrons. The van der Waals surface area contributed by atoms with Gasteiger partial charge in [-0.05, 0) is 0 Å². The van der Waals surface area contributed by atoms with Crippen LogP contribution in [0.2, 0.25) is 0 Å².